The van der Waals surface area contributed by atoms with Crippen LogP contribution in [-0.2, 0) is 4.79 Å². The van der Waals surface area contributed by atoms with Gasteiger partial charge in [-0.2, -0.15) is 0 Å². The standard InChI is InChI=1S/C12H16N2O4/c1-7(2)11(12(15)16)13-10-5-4-9(14(17)18)6-8(10)3/h4-7,11,13H,1-3H3,(H,15,16). The number of nitrogens with one attached hydrogen (secondary N) is 1. The zero-order valence-corrected chi connectivity index (χ0v) is 10.5. The fourth-order valence-electron chi connectivity index (χ4n) is 1.60. The van der Waals surface area contributed by atoms with Crippen LogP contribution in [0, 0.1) is 23.0 Å². The van der Waals surface area contributed by atoms with Gasteiger partial charge in [-0.3, -0.25) is 10.1 Å². The highest BCUT2D eigenvalue weighted by atomic mass is 16.6. The number of anilines is 1. The number of nitrogens with zero attached hydrogens (tertiary/aromatic N) is 1. The van der Waals surface area contributed by atoms with E-state index in [4.69, 9.17) is 5.11 Å². The number of non-ortho nitro benzene ring substituents is 1. The Labute approximate surface area is 105 Å². The van der Waals surface area contributed by atoms with Crippen LogP contribution in [-0.4, -0.2) is 22.0 Å². The lowest BCUT2D eigenvalue weighted by Crippen LogP contribution is -2.34. The predicted octanol–water partition coefficient (Wildman–Crippen LogP) is 2.42. The van der Waals surface area contributed by atoms with Crippen LogP contribution in [0.3, 0.4) is 0 Å². The molecule has 98 valence electrons. The summed E-state index contributed by atoms with van der Waals surface area (Å²) in [6.07, 6.45) is 0. The number of rotatable bonds is 5. The maximum absolute atomic E-state index is 11.1. The van der Waals surface area contributed by atoms with Crippen LogP contribution in [0.5, 0.6) is 0 Å². The number of carbonyl (C=O) groups is 1. The van der Waals surface area contributed by atoms with Crippen molar-refractivity contribution in [2.45, 2.75) is 26.8 Å². The highest BCUT2D eigenvalue weighted by Gasteiger charge is 2.22. The van der Waals surface area contributed by atoms with Gasteiger partial charge in [-0.15, -0.1) is 0 Å². The second kappa shape index (κ2) is 5.48. The summed E-state index contributed by atoms with van der Waals surface area (Å²) in [7, 11) is 0. The van der Waals surface area contributed by atoms with Crippen molar-refractivity contribution in [2.24, 2.45) is 5.92 Å². The molecule has 18 heavy (non-hydrogen) atoms. The molecule has 0 aliphatic heterocycles. The summed E-state index contributed by atoms with van der Waals surface area (Å²) in [5, 5.41) is 22.6. The Bertz CT molecular complexity index is 471. The molecule has 0 aliphatic carbocycles. The van der Waals surface area contributed by atoms with Crippen molar-refractivity contribution < 1.29 is 14.8 Å². The van der Waals surface area contributed by atoms with Gasteiger partial charge in [-0.25, -0.2) is 4.79 Å². The van der Waals surface area contributed by atoms with Crippen LogP contribution < -0.4 is 5.32 Å². The number of hydrogen-bond donors (Lipinski definition) is 2. The molecular formula is C12H16N2O4. The van der Waals surface area contributed by atoms with Gasteiger partial charge in [-0.1, -0.05) is 13.8 Å². The van der Waals surface area contributed by atoms with E-state index in [1.54, 1.807) is 20.8 Å². The zero-order chi connectivity index (χ0) is 13.9. The molecule has 0 saturated heterocycles. The summed E-state index contributed by atoms with van der Waals surface area (Å²) in [6, 6.07) is 3.59. The molecule has 0 amide bonds. The van der Waals surface area contributed by atoms with E-state index in [2.05, 4.69) is 5.32 Å². The molecule has 1 rings (SSSR count). The number of carboxylic acids is 1. The molecule has 0 heterocycles. The topological polar surface area (TPSA) is 92.5 Å². The summed E-state index contributed by atoms with van der Waals surface area (Å²) in [5.74, 6) is -1.03. The quantitative estimate of drug-likeness (QED) is 0.620. The van der Waals surface area contributed by atoms with E-state index in [0.29, 0.717) is 11.3 Å². The lowest BCUT2D eigenvalue weighted by atomic mass is 10.0. The fourth-order valence-corrected chi connectivity index (χ4v) is 1.60. The number of aryl methyl sites for hydroxylation is 1. The first-order chi connectivity index (χ1) is 8.32. The largest absolute Gasteiger partial charge is 0.480 e. The highest BCUT2D eigenvalue weighted by Crippen LogP contribution is 2.23. The van der Waals surface area contributed by atoms with Crippen LogP contribution in [0.1, 0.15) is 19.4 Å². The summed E-state index contributed by atoms with van der Waals surface area (Å²) in [5.41, 5.74) is 1.24. The first kappa shape index (κ1) is 14.0. The van der Waals surface area contributed by atoms with Crippen molar-refractivity contribution in [3.8, 4) is 0 Å². The molecule has 1 unspecified atom stereocenters. The highest BCUT2D eigenvalue weighted by molar-refractivity contribution is 5.78. The molecule has 0 saturated carbocycles. The molecular weight excluding hydrogens is 236 g/mol. The average molecular weight is 252 g/mol. The molecule has 6 nitrogen and oxygen atoms in total. The molecule has 2 N–H and O–H groups in total. The van der Waals surface area contributed by atoms with Crippen LogP contribution in [0.25, 0.3) is 0 Å². The third-order valence-electron chi connectivity index (χ3n) is 2.66. The summed E-state index contributed by atoms with van der Waals surface area (Å²) in [4.78, 5) is 21.2. The minimum atomic E-state index is -0.942. The van der Waals surface area contributed by atoms with E-state index >= 15 is 0 Å². The van der Waals surface area contributed by atoms with Crippen molar-refractivity contribution in [1.82, 2.24) is 0 Å². The number of nitro groups is 1. The van der Waals surface area contributed by atoms with E-state index in [0.717, 1.165) is 0 Å². The van der Waals surface area contributed by atoms with Crippen LogP contribution in [0.4, 0.5) is 11.4 Å². The Kier molecular flexibility index (Phi) is 4.25. The molecule has 1 aromatic rings. The average Bonchev–Trinajstić information content (AvgIpc) is 2.25. The molecule has 1 atom stereocenters. The van der Waals surface area contributed by atoms with Crippen molar-refractivity contribution in [3.05, 3.63) is 33.9 Å². The van der Waals surface area contributed by atoms with Crippen molar-refractivity contribution >= 4 is 17.3 Å². The normalized spacial score (nSPS) is 12.2. The Morgan fingerprint density at radius 2 is 2.06 bits per heavy atom. The summed E-state index contributed by atoms with van der Waals surface area (Å²) < 4.78 is 0. The van der Waals surface area contributed by atoms with E-state index in [9.17, 15) is 14.9 Å². The molecule has 0 spiro atoms. The third kappa shape index (κ3) is 3.19. The first-order valence-electron chi connectivity index (χ1n) is 5.57. The van der Waals surface area contributed by atoms with E-state index in [1.165, 1.54) is 18.2 Å². The number of carboxylic acid groups (broad SMARTS) is 1. The minimum Gasteiger partial charge on any atom is -0.480 e. The number of aliphatic carboxylic acids is 1. The van der Waals surface area contributed by atoms with Crippen molar-refractivity contribution in [2.75, 3.05) is 5.32 Å². The molecule has 1 aromatic carbocycles. The Morgan fingerprint density at radius 1 is 1.44 bits per heavy atom. The Balaban J connectivity index is 2.97. The Morgan fingerprint density at radius 3 is 2.44 bits per heavy atom. The molecule has 0 aromatic heterocycles. The van der Waals surface area contributed by atoms with Gasteiger partial charge in [0.1, 0.15) is 6.04 Å². The van der Waals surface area contributed by atoms with Gasteiger partial charge >= 0.3 is 5.97 Å². The summed E-state index contributed by atoms with van der Waals surface area (Å²) >= 11 is 0. The van der Waals surface area contributed by atoms with E-state index in [-0.39, 0.29) is 11.6 Å². The van der Waals surface area contributed by atoms with Gasteiger partial charge in [0.15, 0.2) is 0 Å². The SMILES string of the molecule is Cc1cc([N+](=O)[O-])ccc1NC(C(=O)O)C(C)C. The molecule has 0 aliphatic rings. The third-order valence-corrected chi connectivity index (χ3v) is 2.66. The number of nitro benzene ring substituents is 1. The van der Waals surface area contributed by atoms with Crippen LogP contribution >= 0.6 is 0 Å². The van der Waals surface area contributed by atoms with Crippen molar-refractivity contribution in [3.63, 3.8) is 0 Å². The molecule has 0 fully saturated rings. The van der Waals surface area contributed by atoms with Gasteiger partial charge in [0.2, 0.25) is 0 Å². The minimum absolute atomic E-state index is 0.00512. The molecule has 6 heteroatoms. The monoisotopic (exact) mass is 252 g/mol. The van der Waals surface area contributed by atoms with Gasteiger partial charge in [0.05, 0.1) is 4.92 Å². The van der Waals surface area contributed by atoms with Crippen LogP contribution in [0.2, 0.25) is 0 Å². The first-order valence-corrected chi connectivity index (χ1v) is 5.57. The maximum Gasteiger partial charge on any atom is 0.326 e. The maximum atomic E-state index is 11.1. The summed E-state index contributed by atoms with van der Waals surface area (Å²) in [6.45, 7) is 5.30. The van der Waals surface area contributed by atoms with Gasteiger partial charge < -0.3 is 10.4 Å². The smallest absolute Gasteiger partial charge is 0.326 e. The zero-order valence-electron chi connectivity index (χ0n) is 10.5. The fraction of sp³-hybridized carbons (Fsp3) is 0.417. The number of hydrogen-bond acceptors (Lipinski definition) is 4. The van der Waals surface area contributed by atoms with E-state index in [1.807, 2.05) is 0 Å². The van der Waals surface area contributed by atoms with Gasteiger partial charge in [0, 0.05) is 17.8 Å². The van der Waals surface area contributed by atoms with Crippen LogP contribution in [0.15, 0.2) is 18.2 Å². The second-order valence-electron chi connectivity index (χ2n) is 4.46. The lowest BCUT2D eigenvalue weighted by molar-refractivity contribution is -0.384. The Hall–Kier alpha value is -2.11. The number of benzene rings is 1. The molecule has 0 radical (unpaired) electrons. The van der Waals surface area contributed by atoms with Crippen molar-refractivity contribution in [1.29, 1.82) is 0 Å². The molecule has 0 bridgehead atoms. The lowest BCUT2D eigenvalue weighted by Gasteiger charge is -2.20. The van der Waals surface area contributed by atoms with E-state index < -0.39 is 16.9 Å². The van der Waals surface area contributed by atoms with Gasteiger partial charge in [-0.05, 0) is 24.5 Å². The predicted molar refractivity (Wildman–Crippen MR) is 67.7 cm³/mol. The second-order valence-corrected chi connectivity index (χ2v) is 4.46. The van der Waals surface area contributed by atoms with Gasteiger partial charge in [0.25, 0.3) is 5.69 Å².